The molecule has 2 N–H and O–H groups in total. The third-order valence-corrected chi connectivity index (χ3v) is 5.69. The SMILES string of the molecule is Cc1cccc(C(=O)NC(C(=O)NCC(c2ccco2)N2CCCCC2)C(C)C)c1. The van der Waals surface area contributed by atoms with E-state index in [1.807, 2.05) is 51.1 Å². The number of rotatable bonds is 8. The van der Waals surface area contributed by atoms with Crippen molar-refractivity contribution in [2.75, 3.05) is 19.6 Å². The summed E-state index contributed by atoms with van der Waals surface area (Å²) in [6.45, 7) is 8.28. The number of aryl methyl sites for hydroxylation is 1. The van der Waals surface area contributed by atoms with Crippen LogP contribution >= 0.6 is 0 Å². The van der Waals surface area contributed by atoms with Crippen molar-refractivity contribution in [1.29, 1.82) is 0 Å². The summed E-state index contributed by atoms with van der Waals surface area (Å²) < 4.78 is 5.66. The number of nitrogens with one attached hydrogen (secondary N) is 2. The summed E-state index contributed by atoms with van der Waals surface area (Å²) in [6, 6.07) is 10.6. The van der Waals surface area contributed by atoms with Crippen molar-refractivity contribution >= 4 is 11.8 Å². The number of carbonyl (C=O) groups excluding carboxylic acids is 2. The van der Waals surface area contributed by atoms with Crippen LogP contribution in [0, 0.1) is 12.8 Å². The van der Waals surface area contributed by atoms with Gasteiger partial charge in [0.25, 0.3) is 5.91 Å². The van der Waals surface area contributed by atoms with E-state index in [2.05, 4.69) is 15.5 Å². The zero-order chi connectivity index (χ0) is 21.5. The molecule has 2 atom stereocenters. The number of amides is 2. The Morgan fingerprint density at radius 2 is 1.87 bits per heavy atom. The lowest BCUT2D eigenvalue weighted by Gasteiger charge is -2.34. The van der Waals surface area contributed by atoms with Crippen molar-refractivity contribution in [3.63, 3.8) is 0 Å². The Balaban J connectivity index is 1.65. The van der Waals surface area contributed by atoms with Crippen LogP contribution in [-0.4, -0.2) is 42.4 Å². The second kappa shape index (κ2) is 10.4. The van der Waals surface area contributed by atoms with Crippen molar-refractivity contribution < 1.29 is 14.0 Å². The molecule has 2 heterocycles. The summed E-state index contributed by atoms with van der Waals surface area (Å²) in [4.78, 5) is 28.0. The Bertz CT molecular complexity index is 826. The third kappa shape index (κ3) is 5.72. The van der Waals surface area contributed by atoms with Crippen molar-refractivity contribution in [2.24, 2.45) is 5.92 Å². The Labute approximate surface area is 179 Å². The number of likely N-dealkylation sites (tertiary alicyclic amines) is 1. The predicted molar refractivity (Wildman–Crippen MR) is 117 cm³/mol. The van der Waals surface area contributed by atoms with E-state index < -0.39 is 6.04 Å². The van der Waals surface area contributed by atoms with Crippen molar-refractivity contribution in [1.82, 2.24) is 15.5 Å². The number of furan rings is 1. The van der Waals surface area contributed by atoms with Crippen molar-refractivity contribution in [2.45, 2.75) is 52.1 Å². The highest BCUT2D eigenvalue weighted by Crippen LogP contribution is 2.24. The standard InChI is InChI=1S/C24H33N3O3/c1-17(2)22(26-23(28)19-10-7-9-18(3)15-19)24(29)25-16-20(21-11-8-14-30-21)27-12-5-4-6-13-27/h7-11,14-15,17,20,22H,4-6,12-13,16H2,1-3H3,(H,25,29)(H,26,28). The number of hydrogen-bond donors (Lipinski definition) is 2. The van der Waals surface area contributed by atoms with Gasteiger partial charge < -0.3 is 15.1 Å². The molecule has 1 aliphatic heterocycles. The highest BCUT2D eigenvalue weighted by molar-refractivity contribution is 5.97. The van der Waals surface area contributed by atoms with E-state index in [4.69, 9.17) is 4.42 Å². The molecule has 30 heavy (non-hydrogen) atoms. The summed E-state index contributed by atoms with van der Waals surface area (Å²) in [6.07, 6.45) is 5.24. The quantitative estimate of drug-likeness (QED) is 0.695. The Kier molecular flexibility index (Phi) is 7.69. The fourth-order valence-corrected chi connectivity index (χ4v) is 3.97. The van der Waals surface area contributed by atoms with Crippen molar-refractivity contribution in [3.05, 3.63) is 59.5 Å². The molecule has 0 saturated carbocycles. The normalized spacial score (nSPS) is 16.8. The van der Waals surface area contributed by atoms with Gasteiger partial charge >= 0.3 is 0 Å². The molecular formula is C24H33N3O3. The zero-order valence-corrected chi connectivity index (χ0v) is 18.2. The van der Waals surface area contributed by atoms with Gasteiger partial charge in [-0.1, -0.05) is 38.0 Å². The molecule has 1 aromatic carbocycles. The first kappa shape index (κ1) is 22.1. The molecule has 6 heteroatoms. The van der Waals surface area contributed by atoms with E-state index >= 15 is 0 Å². The van der Waals surface area contributed by atoms with Crippen LogP contribution in [0.4, 0.5) is 0 Å². The zero-order valence-electron chi connectivity index (χ0n) is 18.2. The lowest BCUT2D eigenvalue weighted by molar-refractivity contribution is -0.124. The van der Waals surface area contributed by atoms with E-state index in [0.717, 1.165) is 37.3 Å². The molecule has 1 saturated heterocycles. The second-order valence-electron chi connectivity index (χ2n) is 8.44. The first-order chi connectivity index (χ1) is 14.5. The Hall–Kier alpha value is -2.60. The molecule has 0 spiro atoms. The van der Waals surface area contributed by atoms with Crippen LogP contribution in [0.5, 0.6) is 0 Å². The van der Waals surface area contributed by atoms with Gasteiger partial charge in [-0.05, 0) is 63.0 Å². The fraction of sp³-hybridized carbons (Fsp3) is 0.500. The Morgan fingerprint density at radius 1 is 1.10 bits per heavy atom. The molecule has 2 unspecified atom stereocenters. The Morgan fingerprint density at radius 3 is 2.50 bits per heavy atom. The van der Waals surface area contributed by atoms with Gasteiger partial charge in [0.1, 0.15) is 11.8 Å². The second-order valence-corrected chi connectivity index (χ2v) is 8.44. The first-order valence-electron chi connectivity index (χ1n) is 10.9. The van der Waals surface area contributed by atoms with Crippen LogP contribution in [0.25, 0.3) is 0 Å². The maximum absolute atomic E-state index is 13.0. The van der Waals surface area contributed by atoms with Crippen LogP contribution in [0.3, 0.4) is 0 Å². The van der Waals surface area contributed by atoms with E-state index in [0.29, 0.717) is 12.1 Å². The van der Waals surface area contributed by atoms with Gasteiger partial charge in [0.15, 0.2) is 0 Å². The van der Waals surface area contributed by atoms with Crippen LogP contribution in [-0.2, 0) is 4.79 Å². The molecule has 1 aromatic heterocycles. The smallest absolute Gasteiger partial charge is 0.251 e. The minimum atomic E-state index is -0.600. The molecule has 1 fully saturated rings. The van der Waals surface area contributed by atoms with Gasteiger partial charge in [-0.2, -0.15) is 0 Å². The molecule has 1 aliphatic rings. The minimum absolute atomic E-state index is 0.00420. The fourth-order valence-electron chi connectivity index (χ4n) is 3.97. The van der Waals surface area contributed by atoms with E-state index in [1.54, 1.807) is 12.3 Å². The molecule has 0 radical (unpaired) electrons. The van der Waals surface area contributed by atoms with Gasteiger partial charge in [-0.15, -0.1) is 0 Å². The summed E-state index contributed by atoms with van der Waals surface area (Å²) in [5.41, 5.74) is 1.58. The average molecular weight is 412 g/mol. The number of piperidine rings is 1. The molecule has 162 valence electrons. The van der Waals surface area contributed by atoms with E-state index in [1.165, 1.54) is 6.42 Å². The number of nitrogens with zero attached hydrogens (tertiary/aromatic N) is 1. The molecule has 6 nitrogen and oxygen atoms in total. The maximum Gasteiger partial charge on any atom is 0.251 e. The molecule has 0 bridgehead atoms. The molecule has 0 aliphatic carbocycles. The van der Waals surface area contributed by atoms with Crippen molar-refractivity contribution in [3.8, 4) is 0 Å². The van der Waals surface area contributed by atoms with Gasteiger partial charge in [0.2, 0.25) is 5.91 Å². The largest absolute Gasteiger partial charge is 0.468 e. The van der Waals surface area contributed by atoms with Crippen LogP contribution in [0.15, 0.2) is 47.1 Å². The maximum atomic E-state index is 13.0. The number of benzene rings is 1. The lowest BCUT2D eigenvalue weighted by Crippen LogP contribution is -2.51. The van der Waals surface area contributed by atoms with Gasteiger partial charge in [0, 0.05) is 12.1 Å². The third-order valence-electron chi connectivity index (χ3n) is 5.69. The van der Waals surface area contributed by atoms with Gasteiger partial charge in [-0.3, -0.25) is 14.5 Å². The first-order valence-corrected chi connectivity index (χ1v) is 10.9. The lowest BCUT2D eigenvalue weighted by atomic mass is 10.0. The molecular weight excluding hydrogens is 378 g/mol. The minimum Gasteiger partial charge on any atom is -0.468 e. The van der Waals surface area contributed by atoms with Crippen LogP contribution in [0.2, 0.25) is 0 Å². The molecule has 2 aromatic rings. The summed E-state index contributed by atoms with van der Waals surface area (Å²) >= 11 is 0. The summed E-state index contributed by atoms with van der Waals surface area (Å²) in [5, 5.41) is 5.97. The predicted octanol–water partition coefficient (Wildman–Crippen LogP) is 3.69. The van der Waals surface area contributed by atoms with Gasteiger partial charge in [-0.25, -0.2) is 0 Å². The molecule has 3 rings (SSSR count). The monoisotopic (exact) mass is 411 g/mol. The highest BCUT2D eigenvalue weighted by atomic mass is 16.3. The van der Waals surface area contributed by atoms with E-state index in [9.17, 15) is 9.59 Å². The number of hydrogen-bond acceptors (Lipinski definition) is 4. The highest BCUT2D eigenvalue weighted by Gasteiger charge is 2.28. The summed E-state index contributed by atoms with van der Waals surface area (Å²) in [7, 11) is 0. The topological polar surface area (TPSA) is 74.6 Å². The number of carbonyl (C=O) groups is 2. The van der Waals surface area contributed by atoms with Crippen LogP contribution < -0.4 is 10.6 Å². The van der Waals surface area contributed by atoms with E-state index in [-0.39, 0.29) is 23.8 Å². The average Bonchev–Trinajstić information content (AvgIpc) is 3.27. The molecule has 2 amide bonds. The van der Waals surface area contributed by atoms with Gasteiger partial charge in [0.05, 0.1) is 12.3 Å². The van der Waals surface area contributed by atoms with Crippen LogP contribution in [0.1, 0.15) is 60.8 Å². The summed E-state index contributed by atoms with van der Waals surface area (Å²) in [5.74, 6) is 0.434.